The van der Waals surface area contributed by atoms with Crippen LogP contribution in [0.1, 0.15) is 39.7 Å². The summed E-state index contributed by atoms with van der Waals surface area (Å²) in [6.45, 7) is 5.80. The predicted octanol–water partition coefficient (Wildman–Crippen LogP) is 3.75. The van der Waals surface area contributed by atoms with E-state index in [2.05, 4.69) is 25.6 Å². The summed E-state index contributed by atoms with van der Waals surface area (Å²) in [7, 11) is 1.78. The molecule has 26 heavy (non-hydrogen) atoms. The first-order chi connectivity index (χ1) is 12.5. The van der Waals surface area contributed by atoms with Gasteiger partial charge in [0.05, 0.1) is 22.4 Å². The van der Waals surface area contributed by atoms with Gasteiger partial charge in [0.25, 0.3) is 5.91 Å². The van der Waals surface area contributed by atoms with E-state index in [1.807, 2.05) is 50.4 Å². The van der Waals surface area contributed by atoms with Crippen molar-refractivity contribution in [2.24, 2.45) is 0 Å². The number of aryl methyl sites for hydroxylation is 2. The van der Waals surface area contributed by atoms with Crippen molar-refractivity contribution in [1.82, 2.24) is 20.3 Å². The molecule has 0 aliphatic rings. The molecule has 1 atom stereocenters. The normalized spacial score (nSPS) is 11.8. The molecule has 2 aromatic heterocycles. The van der Waals surface area contributed by atoms with Gasteiger partial charge in [0.2, 0.25) is 5.95 Å². The average Bonchev–Trinajstić information content (AvgIpc) is 3.07. The van der Waals surface area contributed by atoms with Crippen molar-refractivity contribution in [2.75, 3.05) is 12.4 Å². The summed E-state index contributed by atoms with van der Waals surface area (Å²) in [4.78, 5) is 25.8. The SMILES string of the molecule is CNc1nc(C)cc(-c2cccc(C(=O)N[C@H](C)c3csc(C)n3)c2)n1. The lowest BCUT2D eigenvalue weighted by atomic mass is 10.1. The molecule has 2 heterocycles. The fourth-order valence-electron chi connectivity index (χ4n) is 2.58. The van der Waals surface area contributed by atoms with Gasteiger partial charge in [-0.3, -0.25) is 4.79 Å². The second-order valence-electron chi connectivity index (χ2n) is 6.04. The molecule has 0 bridgehead atoms. The minimum atomic E-state index is -0.145. The molecule has 0 spiro atoms. The first kappa shape index (κ1) is 18.0. The zero-order valence-electron chi connectivity index (χ0n) is 15.2. The Labute approximate surface area is 156 Å². The number of nitrogens with zero attached hydrogens (tertiary/aromatic N) is 3. The summed E-state index contributed by atoms with van der Waals surface area (Å²) in [5, 5.41) is 8.91. The van der Waals surface area contributed by atoms with Crippen LogP contribution in [0, 0.1) is 13.8 Å². The standard InChI is InChI=1S/C19H21N5OS/c1-11-8-16(24-19(20-4)21-11)14-6-5-7-15(9-14)18(25)22-12(2)17-10-26-13(3)23-17/h5-10,12H,1-4H3,(H,22,25)(H,20,21,24)/t12-/m1/s1. The van der Waals surface area contributed by atoms with E-state index in [9.17, 15) is 4.79 Å². The average molecular weight is 367 g/mol. The minimum Gasteiger partial charge on any atom is -0.357 e. The second-order valence-corrected chi connectivity index (χ2v) is 7.10. The summed E-state index contributed by atoms with van der Waals surface area (Å²) in [6, 6.07) is 9.19. The van der Waals surface area contributed by atoms with Crippen LogP contribution in [0.4, 0.5) is 5.95 Å². The predicted molar refractivity (Wildman–Crippen MR) is 104 cm³/mol. The highest BCUT2D eigenvalue weighted by molar-refractivity contribution is 7.09. The Kier molecular flexibility index (Phi) is 5.27. The van der Waals surface area contributed by atoms with Gasteiger partial charge in [-0.15, -0.1) is 11.3 Å². The lowest BCUT2D eigenvalue weighted by molar-refractivity contribution is 0.0939. The first-order valence-electron chi connectivity index (χ1n) is 8.33. The minimum absolute atomic E-state index is 0.135. The number of thiazole rings is 1. The quantitative estimate of drug-likeness (QED) is 0.718. The van der Waals surface area contributed by atoms with E-state index in [0.717, 1.165) is 27.7 Å². The molecule has 3 rings (SSSR count). The third-order valence-corrected chi connectivity index (χ3v) is 4.72. The maximum absolute atomic E-state index is 12.6. The van der Waals surface area contributed by atoms with Crippen molar-refractivity contribution in [1.29, 1.82) is 0 Å². The highest BCUT2D eigenvalue weighted by Crippen LogP contribution is 2.21. The smallest absolute Gasteiger partial charge is 0.251 e. The number of carbonyl (C=O) groups is 1. The van der Waals surface area contributed by atoms with E-state index < -0.39 is 0 Å². The Balaban J connectivity index is 1.82. The molecule has 6 nitrogen and oxygen atoms in total. The second kappa shape index (κ2) is 7.61. The topological polar surface area (TPSA) is 79.8 Å². The largest absolute Gasteiger partial charge is 0.357 e. The summed E-state index contributed by atoms with van der Waals surface area (Å²) in [5.74, 6) is 0.423. The molecule has 0 aliphatic carbocycles. The van der Waals surface area contributed by atoms with E-state index >= 15 is 0 Å². The molecule has 0 radical (unpaired) electrons. The molecule has 0 saturated heterocycles. The van der Waals surface area contributed by atoms with Crippen molar-refractivity contribution in [3.05, 3.63) is 57.7 Å². The third kappa shape index (κ3) is 4.05. The van der Waals surface area contributed by atoms with E-state index in [-0.39, 0.29) is 11.9 Å². The fourth-order valence-corrected chi connectivity index (χ4v) is 3.29. The number of aromatic nitrogens is 3. The Hall–Kier alpha value is -2.80. The van der Waals surface area contributed by atoms with E-state index in [4.69, 9.17) is 0 Å². The molecule has 1 amide bonds. The molecule has 1 aromatic carbocycles. The van der Waals surface area contributed by atoms with Crippen molar-refractivity contribution >= 4 is 23.2 Å². The van der Waals surface area contributed by atoms with Gasteiger partial charge in [-0.05, 0) is 39.0 Å². The van der Waals surface area contributed by atoms with Crippen LogP contribution >= 0.6 is 11.3 Å². The van der Waals surface area contributed by atoms with Gasteiger partial charge in [0.15, 0.2) is 0 Å². The lowest BCUT2D eigenvalue weighted by Gasteiger charge is -2.12. The lowest BCUT2D eigenvalue weighted by Crippen LogP contribution is -2.26. The van der Waals surface area contributed by atoms with Gasteiger partial charge in [-0.2, -0.15) is 0 Å². The summed E-state index contributed by atoms with van der Waals surface area (Å²) < 4.78 is 0. The maximum atomic E-state index is 12.6. The molecule has 0 unspecified atom stereocenters. The van der Waals surface area contributed by atoms with E-state index in [0.29, 0.717) is 11.5 Å². The highest BCUT2D eigenvalue weighted by atomic mass is 32.1. The maximum Gasteiger partial charge on any atom is 0.251 e. The number of carbonyl (C=O) groups excluding carboxylic acids is 1. The summed E-state index contributed by atoms with van der Waals surface area (Å²) >= 11 is 1.58. The van der Waals surface area contributed by atoms with Crippen LogP contribution in [-0.2, 0) is 0 Å². The monoisotopic (exact) mass is 367 g/mol. The Morgan fingerprint density at radius 1 is 1.15 bits per heavy atom. The molecule has 134 valence electrons. The fraction of sp³-hybridized carbons (Fsp3) is 0.263. The van der Waals surface area contributed by atoms with Crippen molar-refractivity contribution < 1.29 is 4.79 Å². The number of nitrogens with one attached hydrogen (secondary N) is 2. The van der Waals surface area contributed by atoms with Crippen molar-refractivity contribution in [2.45, 2.75) is 26.8 Å². The van der Waals surface area contributed by atoms with E-state index in [1.54, 1.807) is 24.5 Å². The van der Waals surface area contributed by atoms with Crippen LogP contribution in [-0.4, -0.2) is 27.9 Å². The number of amides is 1. The zero-order valence-corrected chi connectivity index (χ0v) is 16.0. The van der Waals surface area contributed by atoms with Crippen LogP contribution in [0.15, 0.2) is 35.7 Å². The van der Waals surface area contributed by atoms with Crippen molar-refractivity contribution in [3.8, 4) is 11.3 Å². The van der Waals surface area contributed by atoms with Gasteiger partial charge < -0.3 is 10.6 Å². The number of rotatable bonds is 5. The van der Waals surface area contributed by atoms with Gasteiger partial charge in [0, 0.05) is 29.2 Å². The van der Waals surface area contributed by atoms with E-state index in [1.165, 1.54) is 0 Å². The number of hydrogen-bond acceptors (Lipinski definition) is 6. The molecule has 0 saturated carbocycles. The van der Waals surface area contributed by atoms with Crippen LogP contribution in [0.5, 0.6) is 0 Å². The number of anilines is 1. The molecule has 0 aliphatic heterocycles. The highest BCUT2D eigenvalue weighted by Gasteiger charge is 2.14. The van der Waals surface area contributed by atoms with Gasteiger partial charge in [-0.1, -0.05) is 12.1 Å². The summed E-state index contributed by atoms with van der Waals surface area (Å²) in [5.41, 5.74) is 3.98. The molecular formula is C19H21N5OS. The van der Waals surface area contributed by atoms with Crippen LogP contribution in [0.3, 0.4) is 0 Å². The van der Waals surface area contributed by atoms with Crippen molar-refractivity contribution in [3.63, 3.8) is 0 Å². The summed E-state index contributed by atoms with van der Waals surface area (Å²) in [6.07, 6.45) is 0. The number of hydrogen-bond donors (Lipinski definition) is 2. The van der Waals surface area contributed by atoms with Crippen LogP contribution in [0.2, 0.25) is 0 Å². The Bertz CT molecular complexity index is 937. The third-order valence-electron chi connectivity index (χ3n) is 3.93. The number of benzene rings is 1. The van der Waals surface area contributed by atoms with Gasteiger partial charge >= 0.3 is 0 Å². The first-order valence-corrected chi connectivity index (χ1v) is 9.21. The molecule has 7 heteroatoms. The Morgan fingerprint density at radius 2 is 1.96 bits per heavy atom. The van der Waals surface area contributed by atoms with Crippen LogP contribution < -0.4 is 10.6 Å². The molecule has 2 N–H and O–H groups in total. The van der Waals surface area contributed by atoms with Gasteiger partial charge in [0.1, 0.15) is 0 Å². The molecule has 3 aromatic rings. The molecule has 0 fully saturated rings. The van der Waals surface area contributed by atoms with Crippen LogP contribution in [0.25, 0.3) is 11.3 Å². The molecular weight excluding hydrogens is 346 g/mol. The van der Waals surface area contributed by atoms with Gasteiger partial charge in [-0.25, -0.2) is 15.0 Å². The zero-order chi connectivity index (χ0) is 18.7. The Morgan fingerprint density at radius 3 is 2.65 bits per heavy atom.